The number of carbonyl (C=O) groups is 3. The number of hydrogen-bond donors (Lipinski definition) is 1. The monoisotopic (exact) mass is 345 g/mol. The van der Waals surface area contributed by atoms with Gasteiger partial charge in [0.05, 0.1) is 30.4 Å². The molecular formula is C19H23NO5. The van der Waals surface area contributed by atoms with Crippen LogP contribution in [0.1, 0.15) is 47.4 Å². The van der Waals surface area contributed by atoms with Gasteiger partial charge in [0.1, 0.15) is 0 Å². The lowest BCUT2D eigenvalue weighted by Gasteiger charge is -2.34. The lowest BCUT2D eigenvalue weighted by molar-refractivity contribution is -0.136. The number of aliphatic hydroxyl groups is 1. The number of esters is 1. The molecule has 6 heteroatoms. The third-order valence-corrected chi connectivity index (χ3v) is 4.67. The third-order valence-electron chi connectivity index (χ3n) is 4.67. The molecule has 2 rings (SSSR count). The molecule has 1 aromatic rings. The van der Waals surface area contributed by atoms with E-state index < -0.39 is 29.9 Å². The molecule has 0 aliphatic carbocycles. The van der Waals surface area contributed by atoms with Crippen LogP contribution in [0.15, 0.2) is 36.4 Å². The van der Waals surface area contributed by atoms with Crippen LogP contribution in [0.5, 0.6) is 0 Å². The zero-order chi connectivity index (χ0) is 18.7. The highest BCUT2D eigenvalue weighted by Gasteiger charge is 2.44. The molecule has 0 unspecified atom stereocenters. The third kappa shape index (κ3) is 3.49. The topological polar surface area (TPSA) is 83.9 Å². The van der Waals surface area contributed by atoms with Crippen molar-refractivity contribution in [2.45, 2.75) is 38.8 Å². The molecule has 25 heavy (non-hydrogen) atoms. The molecule has 0 radical (unpaired) electrons. The smallest absolute Gasteiger partial charge is 0.333 e. The average molecular weight is 345 g/mol. The minimum atomic E-state index is -1.11. The fourth-order valence-electron chi connectivity index (χ4n) is 3.13. The SMILES string of the molecule is C=C(C[C@H](O)[C@H]([C@@H](C)CC)N1C(=O)c2ccccc2C1=O)C(=O)OC. The second-order valence-corrected chi connectivity index (χ2v) is 6.27. The van der Waals surface area contributed by atoms with E-state index in [0.717, 1.165) is 4.90 Å². The van der Waals surface area contributed by atoms with Gasteiger partial charge in [0, 0.05) is 12.0 Å². The number of fused-ring (bicyclic) bond motifs is 1. The Labute approximate surface area is 147 Å². The largest absolute Gasteiger partial charge is 0.466 e. The minimum absolute atomic E-state index is 0.0743. The molecule has 0 saturated carbocycles. The number of methoxy groups -OCH3 is 1. The van der Waals surface area contributed by atoms with Crippen LogP contribution in [0, 0.1) is 5.92 Å². The molecule has 0 spiro atoms. The number of benzene rings is 1. The maximum atomic E-state index is 12.7. The van der Waals surface area contributed by atoms with E-state index in [1.165, 1.54) is 7.11 Å². The van der Waals surface area contributed by atoms with Crippen LogP contribution >= 0.6 is 0 Å². The minimum Gasteiger partial charge on any atom is -0.466 e. The Morgan fingerprint density at radius 3 is 2.20 bits per heavy atom. The number of imide groups is 1. The predicted octanol–water partition coefficient (Wildman–Crippen LogP) is 2.18. The van der Waals surface area contributed by atoms with Crippen molar-refractivity contribution in [2.24, 2.45) is 5.92 Å². The zero-order valence-corrected chi connectivity index (χ0v) is 14.7. The molecule has 0 bridgehead atoms. The van der Waals surface area contributed by atoms with E-state index in [1.807, 2.05) is 13.8 Å². The van der Waals surface area contributed by atoms with Crippen molar-refractivity contribution < 1.29 is 24.2 Å². The Morgan fingerprint density at radius 1 is 1.24 bits per heavy atom. The van der Waals surface area contributed by atoms with Gasteiger partial charge in [0.15, 0.2) is 0 Å². The summed E-state index contributed by atoms with van der Waals surface area (Å²) in [7, 11) is 1.23. The summed E-state index contributed by atoms with van der Waals surface area (Å²) in [4.78, 5) is 38.1. The molecule has 2 amide bonds. The highest BCUT2D eigenvalue weighted by Crippen LogP contribution is 2.31. The Kier molecular flexibility index (Phi) is 5.74. The lowest BCUT2D eigenvalue weighted by atomic mass is 9.89. The molecule has 6 nitrogen and oxygen atoms in total. The standard InChI is InChI=1S/C19H23NO5/c1-5-11(2)16(15(21)10-12(3)19(24)25-4)20-17(22)13-8-6-7-9-14(13)18(20)23/h6-9,11,15-16,21H,3,5,10H2,1-2,4H3/t11-,15-,16-/m0/s1. The van der Waals surface area contributed by atoms with Gasteiger partial charge in [-0.25, -0.2) is 4.79 Å². The van der Waals surface area contributed by atoms with Crippen LogP contribution in [0.4, 0.5) is 0 Å². The first-order chi connectivity index (χ1) is 11.8. The van der Waals surface area contributed by atoms with Crippen LogP contribution < -0.4 is 0 Å². The van der Waals surface area contributed by atoms with Gasteiger partial charge in [-0.1, -0.05) is 39.0 Å². The molecule has 3 atom stereocenters. The normalized spacial score (nSPS) is 17.0. The second-order valence-electron chi connectivity index (χ2n) is 6.27. The molecule has 1 aliphatic heterocycles. The molecule has 0 fully saturated rings. The highest BCUT2D eigenvalue weighted by atomic mass is 16.5. The molecule has 0 saturated heterocycles. The summed E-state index contributed by atoms with van der Waals surface area (Å²) in [5.74, 6) is -1.62. The van der Waals surface area contributed by atoms with Gasteiger partial charge in [0.25, 0.3) is 11.8 Å². The van der Waals surface area contributed by atoms with Crippen molar-refractivity contribution in [3.05, 3.63) is 47.5 Å². The first-order valence-electron chi connectivity index (χ1n) is 8.24. The van der Waals surface area contributed by atoms with Crippen molar-refractivity contribution in [2.75, 3.05) is 7.11 Å². The van der Waals surface area contributed by atoms with E-state index in [1.54, 1.807) is 24.3 Å². The van der Waals surface area contributed by atoms with E-state index >= 15 is 0 Å². The number of aliphatic hydroxyl groups excluding tert-OH is 1. The van der Waals surface area contributed by atoms with Crippen LogP contribution in [0.2, 0.25) is 0 Å². The molecule has 1 aromatic carbocycles. The van der Waals surface area contributed by atoms with Crippen LogP contribution in [-0.2, 0) is 9.53 Å². The van der Waals surface area contributed by atoms with Gasteiger partial charge >= 0.3 is 5.97 Å². The fourth-order valence-corrected chi connectivity index (χ4v) is 3.13. The first-order valence-corrected chi connectivity index (χ1v) is 8.24. The maximum absolute atomic E-state index is 12.7. The van der Waals surface area contributed by atoms with Crippen LogP contribution in [0.3, 0.4) is 0 Å². The molecule has 134 valence electrons. The van der Waals surface area contributed by atoms with E-state index in [0.29, 0.717) is 17.5 Å². The van der Waals surface area contributed by atoms with E-state index in [2.05, 4.69) is 11.3 Å². The summed E-state index contributed by atoms with van der Waals surface area (Å²) >= 11 is 0. The summed E-state index contributed by atoms with van der Waals surface area (Å²) < 4.78 is 4.60. The number of carbonyl (C=O) groups excluding carboxylic acids is 3. The van der Waals surface area contributed by atoms with Gasteiger partial charge in [-0.15, -0.1) is 0 Å². The maximum Gasteiger partial charge on any atom is 0.333 e. The average Bonchev–Trinajstić information content (AvgIpc) is 2.86. The lowest BCUT2D eigenvalue weighted by Crippen LogP contribution is -2.50. The van der Waals surface area contributed by atoms with E-state index in [4.69, 9.17) is 0 Å². The summed E-state index contributed by atoms with van der Waals surface area (Å²) in [6, 6.07) is 5.84. The molecule has 1 heterocycles. The summed E-state index contributed by atoms with van der Waals surface area (Å²) in [6.45, 7) is 7.39. The summed E-state index contributed by atoms with van der Waals surface area (Å²) in [5, 5.41) is 10.7. The second kappa shape index (κ2) is 7.61. The number of amides is 2. The molecular weight excluding hydrogens is 322 g/mol. The van der Waals surface area contributed by atoms with Crippen LogP contribution in [0.25, 0.3) is 0 Å². The highest BCUT2D eigenvalue weighted by molar-refractivity contribution is 6.21. The Hall–Kier alpha value is -2.47. The van der Waals surface area contributed by atoms with Gasteiger partial charge in [0.2, 0.25) is 0 Å². The number of ether oxygens (including phenoxy) is 1. The fraction of sp³-hybridized carbons (Fsp3) is 0.421. The van der Waals surface area contributed by atoms with Crippen molar-refractivity contribution in [1.29, 1.82) is 0 Å². The quantitative estimate of drug-likeness (QED) is 0.465. The molecule has 1 aliphatic rings. The molecule has 0 aromatic heterocycles. The Morgan fingerprint density at radius 2 is 1.76 bits per heavy atom. The van der Waals surface area contributed by atoms with Crippen molar-refractivity contribution >= 4 is 17.8 Å². The summed E-state index contributed by atoms with van der Waals surface area (Å²) in [5.41, 5.74) is 0.763. The molecule has 1 N–H and O–H groups in total. The number of rotatable bonds is 7. The van der Waals surface area contributed by atoms with Gasteiger partial charge in [-0.2, -0.15) is 0 Å². The van der Waals surface area contributed by atoms with E-state index in [9.17, 15) is 19.5 Å². The van der Waals surface area contributed by atoms with Gasteiger partial charge < -0.3 is 9.84 Å². The van der Waals surface area contributed by atoms with Gasteiger partial charge in [-0.05, 0) is 18.1 Å². The van der Waals surface area contributed by atoms with E-state index in [-0.39, 0.29) is 17.9 Å². The van der Waals surface area contributed by atoms with Crippen molar-refractivity contribution in [3.8, 4) is 0 Å². The Balaban J connectivity index is 2.33. The van der Waals surface area contributed by atoms with Gasteiger partial charge in [-0.3, -0.25) is 14.5 Å². The number of hydrogen-bond acceptors (Lipinski definition) is 5. The Bertz CT molecular complexity index is 677. The van der Waals surface area contributed by atoms with Crippen molar-refractivity contribution in [1.82, 2.24) is 4.90 Å². The van der Waals surface area contributed by atoms with Crippen molar-refractivity contribution in [3.63, 3.8) is 0 Å². The summed E-state index contributed by atoms with van der Waals surface area (Å²) in [6.07, 6.45) is -0.529. The van der Waals surface area contributed by atoms with Crippen LogP contribution in [-0.4, -0.2) is 47.0 Å². The first kappa shape index (κ1) is 18.9. The zero-order valence-electron chi connectivity index (χ0n) is 14.7. The predicted molar refractivity (Wildman–Crippen MR) is 92.0 cm³/mol. The number of nitrogens with zero attached hydrogens (tertiary/aromatic N) is 1.